The van der Waals surface area contributed by atoms with Crippen LogP contribution in [-0.2, 0) is 16.9 Å². The summed E-state index contributed by atoms with van der Waals surface area (Å²) >= 11 is 0. The minimum absolute atomic E-state index is 0.00620. The Morgan fingerprint density at radius 2 is 1.75 bits per heavy atom. The second-order valence-electron chi connectivity index (χ2n) is 6.38. The number of aryl methyl sites for hydroxylation is 2. The SMILES string of the molecule is CCS(=O)(=O)c1cc(S(F)(F)(F)(F)F)ccc1-c1nc2cc(C)cnc2n1C. The summed E-state index contributed by atoms with van der Waals surface area (Å²) in [5.41, 5.74) is 1.34. The zero-order chi connectivity index (χ0) is 21.2. The van der Waals surface area contributed by atoms with Gasteiger partial charge in [-0.2, -0.15) is 0 Å². The molecule has 0 N–H and O–H groups in total. The Hall–Kier alpha value is -2.21. The van der Waals surface area contributed by atoms with Crippen LogP contribution in [0.4, 0.5) is 19.4 Å². The number of nitrogens with zero attached hydrogens (tertiary/aromatic N) is 3. The summed E-state index contributed by atoms with van der Waals surface area (Å²) < 4.78 is 92.3. The molecule has 0 atom stereocenters. The molecule has 5 nitrogen and oxygen atoms in total. The van der Waals surface area contributed by atoms with E-state index in [2.05, 4.69) is 9.97 Å². The molecule has 0 aliphatic heterocycles. The van der Waals surface area contributed by atoms with Gasteiger partial charge in [-0.05, 0) is 36.8 Å². The molecule has 0 aliphatic rings. The predicted octanol–water partition coefficient (Wildman–Crippen LogP) is 5.39. The highest BCUT2D eigenvalue weighted by Crippen LogP contribution is 3.02. The first kappa shape index (κ1) is 20.5. The summed E-state index contributed by atoms with van der Waals surface area (Å²) in [4.78, 5) is 5.32. The van der Waals surface area contributed by atoms with Crippen molar-refractivity contribution in [3.05, 3.63) is 36.0 Å². The van der Waals surface area contributed by atoms with Gasteiger partial charge in [-0.1, -0.05) is 26.4 Å². The first-order valence-corrected chi connectivity index (χ1v) is 11.5. The Morgan fingerprint density at radius 1 is 1.11 bits per heavy atom. The summed E-state index contributed by atoms with van der Waals surface area (Å²) in [6.45, 7) is 2.97. The molecule has 0 unspecified atom stereocenters. The topological polar surface area (TPSA) is 64.8 Å². The van der Waals surface area contributed by atoms with Crippen molar-refractivity contribution < 1.29 is 27.8 Å². The first-order valence-electron chi connectivity index (χ1n) is 7.94. The fourth-order valence-corrected chi connectivity index (χ4v) is 4.61. The van der Waals surface area contributed by atoms with Crippen molar-refractivity contribution in [1.29, 1.82) is 0 Å². The number of fused-ring (bicyclic) bond motifs is 1. The number of hydrogen-bond acceptors (Lipinski definition) is 4. The van der Waals surface area contributed by atoms with E-state index in [-0.39, 0.29) is 23.5 Å². The zero-order valence-electron chi connectivity index (χ0n) is 15.0. The lowest BCUT2D eigenvalue weighted by atomic mass is 10.2. The van der Waals surface area contributed by atoms with Crippen molar-refractivity contribution >= 4 is 31.2 Å². The highest BCUT2D eigenvalue weighted by molar-refractivity contribution is 8.45. The van der Waals surface area contributed by atoms with Crippen molar-refractivity contribution in [2.45, 2.75) is 23.6 Å². The van der Waals surface area contributed by atoms with Crippen LogP contribution in [0.25, 0.3) is 22.6 Å². The Balaban J connectivity index is 2.38. The number of hydrogen-bond donors (Lipinski definition) is 0. The van der Waals surface area contributed by atoms with E-state index in [0.29, 0.717) is 17.2 Å². The van der Waals surface area contributed by atoms with Gasteiger partial charge in [-0.3, -0.25) is 0 Å². The van der Waals surface area contributed by atoms with Crippen LogP contribution in [0.5, 0.6) is 0 Å². The summed E-state index contributed by atoms with van der Waals surface area (Å²) in [6.07, 6.45) is 1.55. The Kier molecular flexibility index (Phi) is 3.99. The van der Waals surface area contributed by atoms with Gasteiger partial charge >= 0.3 is 10.2 Å². The molecule has 3 rings (SSSR count). The molecule has 0 radical (unpaired) electrons. The highest BCUT2D eigenvalue weighted by Gasteiger charge is 2.65. The van der Waals surface area contributed by atoms with Crippen LogP contribution in [0, 0.1) is 6.92 Å². The molecule has 0 spiro atoms. The third kappa shape index (κ3) is 3.58. The van der Waals surface area contributed by atoms with Gasteiger partial charge in [0.15, 0.2) is 15.5 Å². The molecule has 28 heavy (non-hydrogen) atoms. The molecule has 0 bridgehead atoms. The van der Waals surface area contributed by atoms with Crippen molar-refractivity contribution in [3.63, 3.8) is 0 Å². The number of rotatable bonds is 4. The van der Waals surface area contributed by atoms with Crippen LogP contribution in [0.3, 0.4) is 0 Å². The molecule has 2 aromatic heterocycles. The molecule has 0 fully saturated rings. The second kappa shape index (κ2) is 5.44. The number of benzene rings is 1. The highest BCUT2D eigenvalue weighted by atomic mass is 32.5. The van der Waals surface area contributed by atoms with Crippen molar-refractivity contribution in [3.8, 4) is 11.4 Å². The molecule has 2 heterocycles. The van der Waals surface area contributed by atoms with E-state index in [4.69, 9.17) is 0 Å². The van der Waals surface area contributed by atoms with Crippen LogP contribution < -0.4 is 0 Å². The molecule has 0 saturated carbocycles. The number of aromatic nitrogens is 3. The fourth-order valence-electron chi connectivity index (χ4n) is 2.76. The number of pyridine rings is 1. The van der Waals surface area contributed by atoms with E-state index in [1.54, 1.807) is 19.2 Å². The summed E-state index contributed by atoms with van der Waals surface area (Å²) in [5, 5.41) is 0. The van der Waals surface area contributed by atoms with E-state index in [9.17, 15) is 27.8 Å². The lowest BCUT2D eigenvalue weighted by molar-refractivity contribution is 0.363. The van der Waals surface area contributed by atoms with Crippen LogP contribution in [0.15, 0.2) is 40.3 Å². The summed E-state index contributed by atoms with van der Waals surface area (Å²) in [5.74, 6) is -0.556. The van der Waals surface area contributed by atoms with Crippen molar-refractivity contribution in [1.82, 2.24) is 14.5 Å². The maximum Gasteiger partial charge on any atom is 0.310 e. The zero-order valence-corrected chi connectivity index (χ0v) is 16.6. The average Bonchev–Trinajstić information content (AvgIpc) is 2.88. The van der Waals surface area contributed by atoms with E-state index in [0.717, 1.165) is 5.56 Å². The van der Waals surface area contributed by atoms with Crippen LogP contribution >= 0.6 is 10.2 Å². The Bertz CT molecular complexity index is 1220. The van der Waals surface area contributed by atoms with E-state index in [1.165, 1.54) is 18.5 Å². The predicted molar refractivity (Wildman–Crippen MR) is 97.8 cm³/mol. The van der Waals surface area contributed by atoms with Gasteiger partial charge in [0.25, 0.3) is 0 Å². The summed E-state index contributed by atoms with van der Waals surface area (Å²) in [6, 6.07) is 2.56. The maximum absolute atomic E-state index is 13.2. The Labute approximate surface area is 157 Å². The molecule has 12 heteroatoms. The van der Waals surface area contributed by atoms with Crippen molar-refractivity contribution in [2.24, 2.45) is 7.05 Å². The standard InChI is InChI=1S/C16H16F5N3O2S2/c1-4-27(25,26)14-8-11(28(17,18,19,20)21)5-6-12(14)15-23-13-7-10(2)9-22-16(13)24(15)3/h5-9H,4H2,1-3H3. The minimum atomic E-state index is -10.1. The van der Waals surface area contributed by atoms with Crippen LogP contribution in [-0.4, -0.2) is 28.7 Å². The smallest absolute Gasteiger partial charge is 0.310 e. The van der Waals surface area contributed by atoms with Gasteiger partial charge in [0.1, 0.15) is 16.2 Å². The number of halogens is 5. The molecule has 154 valence electrons. The quantitative estimate of drug-likeness (QED) is 0.509. The van der Waals surface area contributed by atoms with Gasteiger partial charge in [0.2, 0.25) is 0 Å². The molecule has 3 aromatic rings. The van der Waals surface area contributed by atoms with Crippen molar-refractivity contribution in [2.75, 3.05) is 5.75 Å². The lowest BCUT2D eigenvalue weighted by Gasteiger charge is -2.40. The number of imidazole rings is 1. The van der Waals surface area contributed by atoms with Crippen LogP contribution in [0.1, 0.15) is 12.5 Å². The number of sulfone groups is 1. The molecular formula is C16H16F5N3O2S2. The molecule has 0 amide bonds. The van der Waals surface area contributed by atoms with E-state index < -0.39 is 35.6 Å². The Morgan fingerprint density at radius 3 is 2.32 bits per heavy atom. The van der Waals surface area contributed by atoms with E-state index >= 15 is 0 Å². The fraction of sp³-hybridized carbons (Fsp3) is 0.250. The van der Waals surface area contributed by atoms with Gasteiger partial charge < -0.3 is 4.57 Å². The monoisotopic (exact) mass is 441 g/mol. The average molecular weight is 441 g/mol. The molecule has 1 aromatic carbocycles. The first-order chi connectivity index (χ1) is 12.5. The van der Waals surface area contributed by atoms with Gasteiger partial charge in [-0.15, -0.1) is 0 Å². The molecule has 0 aliphatic carbocycles. The normalized spacial score (nSPS) is 15.4. The van der Waals surface area contributed by atoms with Gasteiger partial charge in [-0.25, -0.2) is 18.4 Å². The lowest BCUT2D eigenvalue weighted by Crippen LogP contribution is -2.11. The van der Waals surface area contributed by atoms with E-state index in [1.807, 2.05) is 0 Å². The van der Waals surface area contributed by atoms with Gasteiger partial charge in [0, 0.05) is 18.8 Å². The molecule has 0 saturated heterocycles. The van der Waals surface area contributed by atoms with Crippen LogP contribution in [0.2, 0.25) is 0 Å². The minimum Gasteiger partial charge on any atom is -0.312 e. The largest absolute Gasteiger partial charge is 0.312 e. The second-order valence-corrected chi connectivity index (χ2v) is 11.0. The molecular weight excluding hydrogens is 425 g/mol. The summed E-state index contributed by atoms with van der Waals surface area (Å²) in [7, 11) is -12.8. The third-order valence-corrected chi connectivity index (χ3v) is 7.11. The van der Waals surface area contributed by atoms with Gasteiger partial charge in [0.05, 0.1) is 10.6 Å². The third-order valence-electron chi connectivity index (χ3n) is 4.20. The maximum atomic E-state index is 13.2.